The maximum Gasteiger partial charge on any atom is 0.219 e. The van der Waals surface area contributed by atoms with E-state index < -0.39 is 0 Å². The number of nitrogens with zero attached hydrogens (tertiary/aromatic N) is 2. The van der Waals surface area contributed by atoms with Gasteiger partial charge in [0.25, 0.3) is 0 Å². The summed E-state index contributed by atoms with van der Waals surface area (Å²) >= 11 is 0. The maximum atomic E-state index is 5.83. The lowest BCUT2D eigenvalue weighted by atomic mass is 10.1. The summed E-state index contributed by atoms with van der Waals surface area (Å²) in [6.07, 6.45) is 2.72. The van der Waals surface area contributed by atoms with Crippen LogP contribution in [0.3, 0.4) is 0 Å². The number of hydrogen-bond donors (Lipinski definition) is 2. The molecule has 5 heteroatoms. The number of anilines is 1. The fourth-order valence-electron chi connectivity index (χ4n) is 1.29. The van der Waals surface area contributed by atoms with Crippen molar-refractivity contribution in [2.24, 2.45) is 5.84 Å². The minimum absolute atomic E-state index is 0.232. The lowest BCUT2D eigenvalue weighted by Crippen LogP contribution is -2.27. The van der Waals surface area contributed by atoms with Crippen molar-refractivity contribution in [1.29, 1.82) is 0 Å². The van der Waals surface area contributed by atoms with Gasteiger partial charge in [-0.15, -0.1) is 0 Å². The molecule has 0 amide bonds. The maximum absolute atomic E-state index is 5.83. The van der Waals surface area contributed by atoms with E-state index in [1.807, 2.05) is 13.8 Å². The van der Waals surface area contributed by atoms with Crippen LogP contribution >= 0.6 is 0 Å². The first-order valence-electron chi connectivity index (χ1n) is 6.04. The molecule has 0 spiro atoms. The highest BCUT2D eigenvalue weighted by Crippen LogP contribution is 2.21. The molecule has 0 unspecified atom stereocenters. The van der Waals surface area contributed by atoms with Crippen LogP contribution in [0.25, 0.3) is 0 Å². The van der Waals surface area contributed by atoms with Gasteiger partial charge in [-0.1, -0.05) is 13.8 Å². The molecule has 0 aliphatic carbocycles. The summed E-state index contributed by atoms with van der Waals surface area (Å²) in [5.74, 6) is 7.30. The molecule has 0 aliphatic heterocycles. The Bertz CT molecular complexity index is 366. The fraction of sp³-hybridized carbons (Fsp3) is 0.667. The Balaban J connectivity index is 2.94. The van der Waals surface area contributed by atoms with E-state index in [-0.39, 0.29) is 5.60 Å². The summed E-state index contributed by atoms with van der Waals surface area (Å²) in [5, 5.41) is 0. The fourth-order valence-corrected chi connectivity index (χ4v) is 1.29. The van der Waals surface area contributed by atoms with Crippen LogP contribution in [0.5, 0.6) is 5.88 Å². The molecule has 0 aliphatic rings. The minimum atomic E-state index is -0.232. The molecule has 0 aromatic carbocycles. The number of nitrogens with one attached hydrogen (secondary N) is 1. The van der Waals surface area contributed by atoms with Gasteiger partial charge >= 0.3 is 0 Å². The first-order chi connectivity index (χ1) is 8.00. The van der Waals surface area contributed by atoms with Gasteiger partial charge in [0.2, 0.25) is 5.88 Å². The van der Waals surface area contributed by atoms with Crippen molar-refractivity contribution in [2.45, 2.75) is 52.6 Å². The van der Waals surface area contributed by atoms with E-state index in [0.717, 1.165) is 25.1 Å². The Morgan fingerprint density at radius 2 is 2.06 bits per heavy atom. The second-order valence-electron chi connectivity index (χ2n) is 4.62. The van der Waals surface area contributed by atoms with Crippen LogP contribution in [0.15, 0.2) is 6.07 Å². The van der Waals surface area contributed by atoms with Crippen molar-refractivity contribution in [3.05, 3.63) is 11.9 Å². The zero-order chi connectivity index (χ0) is 12.9. The molecule has 17 heavy (non-hydrogen) atoms. The van der Waals surface area contributed by atoms with Crippen LogP contribution in [0.1, 0.15) is 46.4 Å². The van der Waals surface area contributed by atoms with E-state index in [4.69, 9.17) is 10.6 Å². The molecule has 5 nitrogen and oxygen atoms in total. The number of nitrogen functional groups attached to an aromatic ring is 1. The van der Waals surface area contributed by atoms with E-state index >= 15 is 0 Å². The van der Waals surface area contributed by atoms with Crippen LogP contribution in [-0.4, -0.2) is 15.6 Å². The zero-order valence-corrected chi connectivity index (χ0v) is 11.1. The standard InChI is InChI=1S/C12H22N4O/c1-5-7-9-14-10(16-13)8-11(15-9)17-12(3,4)6-2/h8H,5-7,13H2,1-4H3,(H,14,15,16). The predicted molar refractivity (Wildman–Crippen MR) is 68.8 cm³/mol. The van der Waals surface area contributed by atoms with E-state index in [1.165, 1.54) is 0 Å². The van der Waals surface area contributed by atoms with Crippen molar-refractivity contribution in [3.63, 3.8) is 0 Å². The quantitative estimate of drug-likeness (QED) is 0.587. The molecular formula is C12H22N4O. The topological polar surface area (TPSA) is 73.1 Å². The summed E-state index contributed by atoms with van der Waals surface area (Å²) in [6, 6.07) is 1.72. The molecular weight excluding hydrogens is 216 g/mol. The average Bonchev–Trinajstić information content (AvgIpc) is 2.28. The third-order valence-corrected chi connectivity index (χ3v) is 2.60. The van der Waals surface area contributed by atoms with Gasteiger partial charge in [-0.3, -0.25) is 0 Å². The Morgan fingerprint density at radius 1 is 1.35 bits per heavy atom. The molecule has 96 valence electrons. The van der Waals surface area contributed by atoms with Crippen molar-refractivity contribution < 1.29 is 4.74 Å². The first kappa shape index (κ1) is 13.7. The van der Waals surface area contributed by atoms with Crippen LogP contribution in [0.2, 0.25) is 0 Å². The molecule has 1 rings (SSSR count). The second kappa shape index (κ2) is 5.82. The first-order valence-corrected chi connectivity index (χ1v) is 6.04. The van der Waals surface area contributed by atoms with Crippen molar-refractivity contribution in [1.82, 2.24) is 9.97 Å². The number of hydrogen-bond acceptors (Lipinski definition) is 5. The molecule has 0 saturated heterocycles. The molecule has 1 aromatic heterocycles. The molecule has 0 fully saturated rings. The normalized spacial score (nSPS) is 11.4. The minimum Gasteiger partial charge on any atom is -0.472 e. The van der Waals surface area contributed by atoms with Crippen molar-refractivity contribution in [2.75, 3.05) is 5.43 Å². The highest BCUT2D eigenvalue weighted by molar-refractivity contribution is 5.37. The van der Waals surface area contributed by atoms with Gasteiger partial charge in [0, 0.05) is 12.5 Å². The monoisotopic (exact) mass is 238 g/mol. The smallest absolute Gasteiger partial charge is 0.219 e. The SMILES string of the molecule is CCCc1nc(NN)cc(OC(C)(C)CC)n1. The Kier molecular flexibility index (Phi) is 4.69. The number of aromatic nitrogens is 2. The number of aryl methyl sites for hydroxylation is 1. The van der Waals surface area contributed by atoms with Crippen molar-refractivity contribution >= 4 is 5.82 Å². The Morgan fingerprint density at radius 3 is 2.59 bits per heavy atom. The summed E-state index contributed by atoms with van der Waals surface area (Å²) in [5.41, 5.74) is 2.31. The highest BCUT2D eigenvalue weighted by atomic mass is 16.5. The number of ether oxygens (including phenoxy) is 1. The predicted octanol–water partition coefficient (Wildman–Crippen LogP) is 2.28. The molecule has 3 N–H and O–H groups in total. The van der Waals surface area contributed by atoms with Crippen LogP contribution in [-0.2, 0) is 6.42 Å². The van der Waals surface area contributed by atoms with Gasteiger partial charge in [0.05, 0.1) is 0 Å². The van der Waals surface area contributed by atoms with Crippen LogP contribution in [0, 0.1) is 0 Å². The summed E-state index contributed by atoms with van der Waals surface area (Å²) in [4.78, 5) is 8.65. The van der Waals surface area contributed by atoms with Crippen LogP contribution < -0.4 is 16.0 Å². The summed E-state index contributed by atoms with van der Waals surface area (Å²) in [6.45, 7) is 8.23. The third-order valence-electron chi connectivity index (χ3n) is 2.60. The zero-order valence-electron chi connectivity index (χ0n) is 11.1. The van der Waals surface area contributed by atoms with Gasteiger partial charge in [-0.25, -0.2) is 10.8 Å². The molecule has 0 bridgehead atoms. The molecule has 1 heterocycles. The second-order valence-corrected chi connectivity index (χ2v) is 4.62. The molecule has 0 radical (unpaired) electrons. The van der Waals surface area contributed by atoms with E-state index in [9.17, 15) is 0 Å². The van der Waals surface area contributed by atoms with E-state index in [0.29, 0.717) is 11.7 Å². The van der Waals surface area contributed by atoms with Gasteiger partial charge < -0.3 is 10.2 Å². The van der Waals surface area contributed by atoms with Gasteiger partial charge in [0.1, 0.15) is 17.2 Å². The van der Waals surface area contributed by atoms with Gasteiger partial charge in [0.15, 0.2) is 0 Å². The van der Waals surface area contributed by atoms with E-state index in [1.54, 1.807) is 6.07 Å². The third kappa shape index (κ3) is 4.19. The average molecular weight is 238 g/mol. The molecule has 0 atom stereocenters. The van der Waals surface area contributed by atoms with E-state index in [2.05, 4.69) is 29.2 Å². The lowest BCUT2D eigenvalue weighted by molar-refractivity contribution is 0.0986. The highest BCUT2D eigenvalue weighted by Gasteiger charge is 2.18. The Hall–Kier alpha value is -1.36. The number of nitrogens with two attached hydrogens (primary N) is 1. The molecule has 1 aromatic rings. The summed E-state index contributed by atoms with van der Waals surface area (Å²) < 4.78 is 5.83. The Labute approximate surface area is 103 Å². The largest absolute Gasteiger partial charge is 0.472 e. The van der Waals surface area contributed by atoms with Crippen LogP contribution in [0.4, 0.5) is 5.82 Å². The molecule has 0 saturated carbocycles. The number of rotatable bonds is 6. The lowest BCUT2D eigenvalue weighted by Gasteiger charge is -2.24. The van der Waals surface area contributed by atoms with Gasteiger partial charge in [-0.05, 0) is 26.7 Å². The van der Waals surface area contributed by atoms with Gasteiger partial charge in [-0.2, -0.15) is 4.98 Å². The van der Waals surface area contributed by atoms with Crippen molar-refractivity contribution in [3.8, 4) is 5.88 Å². The number of hydrazine groups is 1. The summed E-state index contributed by atoms with van der Waals surface area (Å²) in [7, 11) is 0.